The highest BCUT2D eigenvalue weighted by atomic mass is 16.3. The van der Waals surface area contributed by atoms with Crippen LogP contribution in [0.2, 0.25) is 0 Å². The zero-order valence-corrected chi connectivity index (χ0v) is 12.5. The van der Waals surface area contributed by atoms with Crippen molar-refractivity contribution in [1.29, 1.82) is 0 Å². The average Bonchev–Trinajstić information content (AvgIpc) is 2.63. The van der Waals surface area contributed by atoms with E-state index in [1.165, 1.54) is 12.8 Å². The Morgan fingerprint density at radius 3 is 2.26 bits per heavy atom. The van der Waals surface area contributed by atoms with Crippen LogP contribution in [0.4, 0.5) is 0 Å². The van der Waals surface area contributed by atoms with Gasteiger partial charge in [0.05, 0.1) is 18.1 Å². The fourth-order valence-electron chi connectivity index (χ4n) is 3.02. The molecule has 4 heteroatoms. The summed E-state index contributed by atoms with van der Waals surface area (Å²) in [5, 5.41) is 12.4. The summed E-state index contributed by atoms with van der Waals surface area (Å²) in [6.07, 6.45) is 7.14. The van der Waals surface area contributed by atoms with Crippen molar-refractivity contribution in [2.75, 3.05) is 13.2 Å². The van der Waals surface area contributed by atoms with Crippen molar-refractivity contribution in [2.45, 2.75) is 64.8 Å². The van der Waals surface area contributed by atoms with Crippen LogP contribution >= 0.6 is 0 Å². The Kier molecular flexibility index (Phi) is 6.80. The molecular formula is C15H30N2O2. The summed E-state index contributed by atoms with van der Waals surface area (Å²) in [5.74, 6) is 0.511. The molecule has 0 saturated heterocycles. The van der Waals surface area contributed by atoms with E-state index in [0.717, 1.165) is 32.1 Å². The van der Waals surface area contributed by atoms with E-state index in [1.807, 2.05) is 0 Å². The third kappa shape index (κ3) is 4.77. The summed E-state index contributed by atoms with van der Waals surface area (Å²) in [7, 11) is 0. The first-order valence-corrected chi connectivity index (χ1v) is 7.66. The molecule has 1 saturated carbocycles. The predicted molar refractivity (Wildman–Crippen MR) is 77.7 cm³/mol. The van der Waals surface area contributed by atoms with Crippen LogP contribution in [0, 0.1) is 11.3 Å². The number of carbonyl (C=O) groups is 1. The lowest BCUT2D eigenvalue weighted by Crippen LogP contribution is -2.50. The summed E-state index contributed by atoms with van der Waals surface area (Å²) in [4.78, 5) is 12.6. The van der Waals surface area contributed by atoms with Crippen molar-refractivity contribution in [1.82, 2.24) is 5.32 Å². The highest BCUT2D eigenvalue weighted by Gasteiger charge is 2.37. The molecule has 1 aliphatic carbocycles. The van der Waals surface area contributed by atoms with E-state index in [1.54, 1.807) is 0 Å². The Morgan fingerprint density at radius 1 is 1.26 bits per heavy atom. The quantitative estimate of drug-likeness (QED) is 0.644. The van der Waals surface area contributed by atoms with Gasteiger partial charge in [0.25, 0.3) is 0 Å². The van der Waals surface area contributed by atoms with Gasteiger partial charge in [-0.3, -0.25) is 4.79 Å². The second-order valence-electron chi connectivity index (χ2n) is 6.38. The van der Waals surface area contributed by atoms with Gasteiger partial charge in [-0.1, -0.05) is 39.5 Å². The van der Waals surface area contributed by atoms with Crippen molar-refractivity contribution >= 4 is 5.91 Å². The summed E-state index contributed by atoms with van der Waals surface area (Å²) >= 11 is 0. The molecule has 1 atom stereocenters. The third-order valence-electron chi connectivity index (χ3n) is 4.24. The fraction of sp³-hybridized carbons (Fsp3) is 0.933. The van der Waals surface area contributed by atoms with Gasteiger partial charge < -0.3 is 16.2 Å². The normalized spacial score (nSPS) is 20.9. The van der Waals surface area contributed by atoms with Gasteiger partial charge in [0.1, 0.15) is 0 Å². The first kappa shape index (κ1) is 16.4. The van der Waals surface area contributed by atoms with Crippen LogP contribution < -0.4 is 11.1 Å². The molecule has 0 bridgehead atoms. The van der Waals surface area contributed by atoms with Crippen LogP contribution in [0.25, 0.3) is 0 Å². The Hall–Kier alpha value is -0.610. The van der Waals surface area contributed by atoms with E-state index >= 15 is 0 Å². The van der Waals surface area contributed by atoms with Gasteiger partial charge in [-0.15, -0.1) is 0 Å². The van der Waals surface area contributed by atoms with Gasteiger partial charge in [-0.2, -0.15) is 0 Å². The van der Waals surface area contributed by atoms with Crippen molar-refractivity contribution in [3.8, 4) is 0 Å². The third-order valence-corrected chi connectivity index (χ3v) is 4.24. The molecule has 112 valence electrons. The number of rotatable bonds is 6. The van der Waals surface area contributed by atoms with Gasteiger partial charge in [0.2, 0.25) is 5.91 Å². The summed E-state index contributed by atoms with van der Waals surface area (Å²) in [6.45, 7) is 4.61. The molecule has 0 aromatic carbocycles. The number of hydrogen-bond acceptors (Lipinski definition) is 3. The van der Waals surface area contributed by atoms with Gasteiger partial charge in [0, 0.05) is 6.54 Å². The zero-order chi connectivity index (χ0) is 14.3. The lowest BCUT2D eigenvalue weighted by atomic mass is 9.79. The van der Waals surface area contributed by atoms with E-state index in [2.05, 4.69) is 19.2 Å². The van der Waals surface area contributed by atoms with Crippen molar-refractivity contribution in [3.63, 3.8) is 0 Å². The topological polar surface area (TPSA) is 75.3 Å². The maximum absolute atomic E-state index is 12.6. The lowest BCUT2D eigenvalue weighted by Gasteiger charge is -2.32. The van der Waals surface area contributed by atoms with Crippen molar-refractivity contribution in [2.24, 2.45) is 17.1 Å². The first-order valence-electron chi connectivity index (χ1n) is 7.66. The van der Waals surface area contributed by atoms with Crippen LogP contribution in [0.15, 0.2) is 0 Å². The van der Waals surface area contributed by atoms with E-state index in [-0.39, 0.29) is 18.6 Å². The lowest BCUT2D eigenvalue weighted by molar-refractivity contribution is -0.132. The first-order chi connectivity index (χ1) is 9.04. The van der Waals surface area contributed by atoms with Gasteiger partial charge in [0.15, 0.2) is 0 Å². The van der Waals surface area contributed by atoms with E-state index in [0.29, 0.717) is 12.5 Å². The fourth-order valence-corrected chi connectivity index (χ4v) is 3.02. The number of carbonyl (C=O) groups excluding carboxylic acids is 1. The minimum atomic E-state index is -0.402. The molecule has 4 N–H and O–H groups in total. The molecule has 1 rings (SSSR count). The predicted octanol–water partition coefficient (Wildman–Crippen LogP) is 1.81. The number of nitrogens with two attached hydrogens (primary N) is 1. The second-order valence-corrected chi connectivity index (χ2v) is 6.38. The maximum atomic E-state index is 12.6. The summed E-state index contributed by atoms with van der Waals surface area (Å²) in [6, 6.07) is -0.140. The maximum Gasteiger partial charge on any atom is 0.227 e. The Labute approximate surface area is 117 Å². The number of aliphatic hydroxyl groups is 1. The highest BCUT2D eigenvalue weighted by molar-refractivity contribution is 5.83. The second kappa shape index (κ2) is 7.85. The van der Waals surface area contributed by atoms with E-state index < -0.39 is 5.41 Å². The van der Waals surface area contributed by atoms with Crippen LogP contribution in [0.5, 0.6) is 0 Å². The SMILES string of the molecule is CC(C)CC(CO)NC(=O)C1(CN)CCCCCC1. The molecule has 4 nitrogen and oxygen atoms in total. The van der Waals surface area contributed by atoms with Crippen LogP contribution in [-0.4, -0.2) is 30.2 Å². The number of aliphatic hydroxyl groups excluding tert-OH is 1. The summed E-state index contributed by atoms with van der Waals surface area (Å²) in [5.41, 5.74) is 5.50. The summed E-state index contributed by atoms with van der Waals surface area (Å²) < 4.78 is 0. The highest BCUT2D eigenvalue weighted by Crippen LogP contribution is 2.34. The average molecular weight is 270 g/mol. The number of hydrogen-bond donors (Lipinski definition) is 3. The molecule has 0 spiro atoms. The molecule has 0 aromatic rings. The molecule has 1 unspecified atom stereocenters. The monoisotopic (exact) mass is 270 g/mol. The molecule has 19 heavy (non-hydrogen) atoms. The minimum Gasteiger partial charge on any atom is -0.394 e. The molecular weight excluding hydrogens is 240 g/mol. The van der Waals surface area contributed by atoms with Crippen LogP contribution in [0.1, 0.15) is 58.8 Å². The number of amides is 1. The minimum absolute atomic E-state index is 0.00454. The van der Waals surface area contributed by atoms with E-state index in [4.69, 9.17) is 5.73 Å². The molecule has 1 aliphatic rings. The Balaban J connectivity index is 2.66. The van der Waals surface area contributed by atoms with Gasteiger partial charge in [-0.25, -0.2) is 0 Å². The Morgan fingerprint density at radius 2 is 1.84 bits per heavy atom. The Bertz CT molecular complexity index is 271. The standard InChI is InChI=1S/C15H30N2O2/c1-12(2)9-13(10-18)17-14(19)15(11-16)7-5-3-4-6-8-15/h12-13,18H,3-11,16H2,1-2H3,(H,17,19). The van der Waals surface area contributed by atoms with Gasteiger partial charge >= 0.3 is 0 Å². The van der Waals surface area contributed by atoms with Crippen molar-refractivity contribution in [3.05, 3.63) is 0 Å². The van der Waals surface area contributed by atoms with Crippen LogP contribution in [0.3, 0.4) is 0 Å². The van der Waals surface area contributed by atoms with Crippen molar-refractivity contribution < 1.29 is 9.90 Å². The van der Waals surface area contributed by atoms with E-state index in [9.17, 15) is 9.90 Å². The molecule has 1 fully saturated rings. The molecule has 0 aliphatic heterocycles. The molecule has 1 amide bonds. The molecule has 0 aromatic heterocycles. The number of nitrogens with one attached hydrogen (secondary N) is 1. The molecule has 0 radical (unpaired) electrons. The van der Waals surface area contributed by atoms with Crippen LogP contribution in [-0.2, 0) is 4.79 Å². The zero-order valence-electron chi connectivity index (χ0n) is 12.5. The molecule has 0 heterocycles. The largest absolute Gasteiger partial charge is 0.394 e. The smallest absolute Gasteiger partial charge is 0.227 e. The van der Waals surface area contributed by atoms with Gasteiger partial charge in [-0.05, 0) is 25.2 Å².